The van der Waals surface area contributed by atoms with Crippen LogP contribution in [0, 0.1) is 0 Å². The fourth-order valence-electron chi connectivity index (χ4n) is 1.88. The van der Waals surface area contributed by atoms with E-state index < -0.39 is 0 Å². The first-order valence-corrected chi connectivity index (χ1v) is 6.05. The number of hydrogen-bond donors (Lipinski definition) is 2. The molecule has 0 fully saturated rings. The number of furan rings is 1. The molecule has 3 N–H and O–H groups in total. The first kappa shape index (κ1) is 12.0. The average molecular weight is 232 g/mol. The Morgan fingerprint density at radius 3 is 2.82 bits per heavy atom. The molecule has 2 aromatic rings. The van der Waals surface area contributed by atoms with Crippen molar-refractivity contribution in [3.05, 3.63) is 30.5 Å². The van der Waals surface area contributed by atoms with Gasteiger partial charge in [-0.05, 0) is 38.8 Å². The van der Waals surface area contributed by atoms with Crippen LogP contribution >= 0.6 is 0 Å². The molecule has 0 radical (unpaired) electrons. The maximum atomic E-state index is 5.94. The Bertz CT molecular complexity index is 482. The zero-order chi connectivity index (χ0) is 12.3. The summed E-state index contributed by atoms with van der Waals surface area (Å²) in [5, 5.41) is 4.53. The van der Waals surface area contributed by atoms with Gasteiger partial charge in [-0.3, -0.25) is 0 Å². The number of rotatable bonds is 5. The van der Waals surface area contributed by atoms with Gasteiger partial charge in [0, 0.05) is 17.5 Å². The van der Waals surface area contributed by atoms with Crippen LogP contribution < -0.4 is 11.1 Å². The zero-order valence-electron chi connectivity index (χ0n) is 10.5. The summed E-state index contributed by atoms with van der Waals surface area (Å²) < 4.78 is 5.46. The number of hydrogen-bond acceptors (Lipinski definition) is 3. The number of fused-ring (bicyclic) bond motifs is 1. The lowest BCUT2D eigenvalue weighted by molar-refractivity contribution is 0.465. The van der Waals surface area contributed by atoms with Gasteiger partial charge in [-0.15, -0.1) is 0 Å². The van der Waals surface area contributed by atoms with Crippen LogP contribution in [0.2, 0.25) is 0 Å². The maximum absolute atomic E-state index is 5.94. The molecule has 17 heavy (non-hydrogen) atoms. The molecule has 0 bridgehead atoms. The van der Waals surface area contributed by atoms with Gasteiger partial charge in [-0.1, -0.05) is 12.1 Å². The van der Waals surface area contributed by atoms with Gasteiger partial charge in [0.1, 0.15) is 11.8 Å². The van der Waals surface area contributed by atoms with Gasteiger partial charge in [0.25, 0.3) is 0 Å². The van der Waals surface area contributed by atoms with Gasteiger partial charge in [0.2, 0.25) is 0 Å². The standard InChI is InChI=1S/C14H20N2O/c1-14(2,15)8-5-9-16-12-10-17-13-7-4-3-6-11(12)13/h3-4,6-7,10,16H,5,8-9,15H2,1-2H3. The Labute approximate surface area is 102 Å². The normalized spacial score (nSPS) is 11.9. The summed E-state index contributed by atoms with van der Waals surface area (Å²) in [6, 6.07) is 8.04. The van der Waals surface area contributed by atoms with Gasteiger partial charge < -0.3 is 15.5 Å². The molecule has 1 heterocycles. The first-order chi connectivity index (χ1) is 8.06. The van der Waals surface area contributed by atoms with Crippen molar-refractivity contribution < 1.29 is 4.42 Å². The lowest BCUT2D eigenvalue weighted by atomic mass is 10.0. The van der Waals surface area contributed by atoms with Crippen LogP contribution in [0.5, 0.6) is 0 Å². The van der Waals surface area contributed by atoms with Gasteiger partial charge in [-0.25, -0.2) is 0 Å². The van der Waals surface area contributed by atoms with Gasteiger partial charge in [-0.2, -0.15) is 0 Å². The molecular formula is C14H20N2O. The van der Waals surface area contributed by atoms with Crippen LogP contribution in [0.4, 0.5) is 5.69 Å². The van der Waals surface area contributed by atoms with Crippen LogP contribution in [-0.4, -0.2) is 12.1 Å². The highest BCUT2D eigenvalue weighted by Gasteiger charge is 2.09. The van der Waals surface area contributed by atoms with Gasteiger partial charge >= 0.3 is 0 Å². The average Bonchev–Trinajstić information content (AvgIpc) is 2.67. The number of anilines is 1. The lowest BCUT2D eigenvalue weighted by Gasteiger charge is -2.17. The monoisotopic (exact) mass is 232 g/mol. The van der Waals surface area contributed by atoms with E-state index in [-0.39, 0.29) is 5.54 Å². The first-order valence-electron chi connectivity index (χ1n) is 6.05. The van der Waals surface area contributed by atoms with Crippen molar-refractivity contribution in [1.82, 2.24) is 0 Å². The number of nitrogens with two attached hydrogens (primary N) is 1. The molecule has 1 aromatic carbocycles. The van der Waals surface area contributed by atoms with Crippen molar-refractivity contribution in [2.24, 2.45) is 5.73 Å². The highest BCUT2D eigenvalue weighted by atomic mass is 16.3. The smallest absolute Gasteiger partial charge is 0.136 e. The predicted molar refractivity (Wildman–Crippen MR) is 72.2 cm³/mol. The summed E-state index contributed by atoms with van der Waals surface area (Å²) >= 11 is 0. The molecule has 0 saturated heterocycles. The van der Waals surface area contributed by atoms with Crippen LogP contribution in [-0.2, 0) is 0 Å². The van der Waals surface area contributed by atoms with Gasteiger partial charge in [0.05, 0.1) is 5.69 Å². The molecule has 2 rings (SSSR count). The third kappa shape index (κ3) is 3.24. The molecule has 3 nitrogen and oxygen atoms in total. The van der Waals surface area contributed by atoms with Crippen molar-refractivity contribution >= 4 is 16.7 Å². The predicted octanol–water partition coefficient (Wildman–Crippen LogP) is 3.36. The van der Waals surface area contributed by atoms with E-state index in [1.54, 1.807) is 6.26 Å². The Hall–Kier alpha value is -1.48. The van der Waals surface area contributed by atoms with E-state index >= 15 is 0 Å². The molecule has 0 spiro atoms. The number of para-hydroxylation sites is 1. The molecule has 0 atom stereocenters. The summed E-state index contributed by atoms with van der Waals surface area (Å²) in [7, 11) is 0. The Morgan fingerprint density at radius 1 is 1.29 bits per heavy atom. The minimum absolute atomic E-state index is 0.0832. The van der Waals surface area contributed by atoms with Crippen molar-refractivity contribution in [3.8, 4) is 0 Å². The fourth-order valence-corrected chi connectivity index (χ4v) is 1.88. The van der Waals surface area contributed by atoms with E-state index in [0.717, 1.165) is 36.0 Å². The molecule has 1 aromatic heterocycles. The molecule has 0 aliphatic carbocycles. The lowest BCUT2D eigenvalue weighted by Crippen LogP contribution is -2.32. The SMILES string of the molecule is CC(C)(N)CCCNc1coc2ccccc12. The second-order valence-corrected chi connectivity index (χ2v) is 5.16. The third-order valence-corrected chi connectivity index (χ3v) is 2.79. The van der Waals surface area contributed by atoms with E-state index in [2.05, 4.69) is 25.2 Å². The summed E-state index contributed by atoms with van der Waals surface area (Å²) in [4.78, 5) is 0. The Balaban J connectivity index is 1.91. The number of benzene rings is 1. The molecule has 0 aliphatic rings. The minimum atomic E-state index is -0.0832. The summed E-state index contributed by atoms with van der Waals surface area (Å²) in [6.07, 6.45) is 3.84. The second-order valence-electron chi connectivity index (χ2n) is 5.16. The van der Waals surface area contributed by atoms with Crippen LogP contribution in [0.1, 0.15) is 26.7 Å². The minimum Gasteiger partial charge on any atom is -0.462 e. The van der Waals surface area contributed by atoms with Crippen molar-refractivity contribution in [1.29, 1.82) is 0 Å². The highest BCUT2D eigenvalue weighted by molar-refractivity contribution is 5.90. The van der Waals surface area contributed by atoms with Crippen LogP contribution in [0.25, 0.3) is 11.0 Å². The third-order valence-electron chi connectivity index (χ3n) is 2.79. The molecule has 0 aliphatic heterocycles. The maximum Gasteiger partial charge on any atom is 0.136 e. The van der Waals surface area contributed by atoms with Crippen molar-refractivity contribution in [2.75, 3.05) is 11.9 Å². The molecule has 92 valence electrons. The fraction of sp³-hybridized carbons (Fsp3) is 0.429. The molecule has 0 saturated carbocycles. The van der Waals surface area contributed by atoms with Crippen molar-refractivity contribution in [2.45, 2.75) is 32.2 Å². The topological polar surface area (TPSA) is 51.2 Å². The van der Waals surface area contributed by atoms with Gasteiger partial charge in [0.15, 0.2) is 0 Å². The molecule has 3 heteroatoms. The van der Waals surface area contributed by atoms with Crippen LogP contribution in [0.3, 0.4) is 0 Å². The van der Waals surface area contributed by atoms with E-state index in [4.69, 9.17) is 10.2 Å². The quantitative estimate of drug-likeness (QED) is 0.777. The van der Waals surface area contributed by atoms with Crippen molar-refractivity contribution in [3.63, 3.8) is 0 Å². The summed E-state index contributed by atoms with van der Waals surface area (Å²) in [6.45, 7) is 5.03. The zero-order valence-corrected chi connectivity index (χ0v) is 10.5. The Kier molecular flexibility index (Phi) is 3.38. The summed E-state index contributed by atoms with van der Waals surface area (Å²) in [5.41, 5.74) is 7.85. The molecular weight excluding hydrogens is 212 g/mol. The number of nitrogens with one attached hydrogen (secondary N) is 1. The second kappa shape index (κ2) is 4.80. The highest BCUT2D eigenvalue weighted by Crippen LogP contribution is 2.25. The van der Waals surface area contributed by atoms with E-state index in [1.807, 2.05) is 18.2 Å². The molecule has 0 unspecified atom stereocenters. The molecule has 0 amide bonds. The van der Waals surface area contributed by atoms with E-state index in [1.165, 1.54) is 0 Å². The summed E-state index contributed by atoms with van der Waals surface area (Å²) in [5.74, 6) is 0. The Morgan fingerprint density at radius 2 is 2.06 bits per heavy atom. The van der Waals surface area contributed by atoms with E-state index in [0.29, 0.717) is 0 Å². The van der Waals surface area contributed by atoms with Crippen LogP contribution in [0.15, 0.2) is 34.9 Å². The van der Waals surface area contributed by atoms with E-state index in [9.17, 15) is 0 Å². The largest absolute Gasteiger partial charge is 0.462 e.